The van der Waals surface area contributed by atoms with Gasteiger partial charge in [-0.05, 0) is 32.4 Å². The van der Waals surface area contributed by atoms with Crippen LogP contribution in [-0.2, 0) is 12.0 Å². The van der Waals surface area contributed by atoms with Crippen LogP contribution in [0.1, 0.15) is 70.9 Å². The van der Waals surface area contributed by atoms with E-state index < -0.39 is 0 Å². The molecule has 3 nitrogen and oxygen atoms in total. The first-order valence-corrected chi connectivity index (χ1v) is 8.47. The molecule has 1 aromatic rings. The maximum absolute atomic E-state index is 4.41. The van der Waals surface area contributed by atoms with Gasteiger partial charge < -0.3 is 9.88 Å². The van der Waals surface area contributed by atoms with Gasteiger partial charge in [0.25, 0.3) is 0 Å². The SMILES string of the molecule is CCCCCCCCn1cncc1C1(C)CCNCC1. The maximum Gasteiger partial charge on any atom is 0.0948 e. The van der Waals surface area contributed by atoms with E-state index in [9.17, 15) is 0 Å². The fourth-order valence-electron chi connectivity index (χ4n) is 3.30. The van der Waals surface area contributed by atoms with Crippen molar-refractivity contribution < 1.29 is 0 Å². The molecule has 1 fully saturated rings. The smallest absolute Gasteiger partial charge is 0.0948 e. The van der Waals surface area contributed by atoms with E-state index in [0.29, 0.717) is 5.41 Å². The molecule has 0 atom stereocenters. The van der Waals surface area contributed by atoms with E-state index in [2.05, 4.69) is 34.9 Å². The lowest BCUT2D eigenvalue weighted by Crippen LogP contribution is -2.39. The molecule has 0 saturated carbocycles. The Labute approximate surface area is 124 Å². The zero-order chi connectivity index (χ0) is 14.3. The molecule has 0 aromatic carbocycles. The van der Waals surface area contributed by atoms with E-state index in [4.69, 9.17) is 0 Å². The Kier molecular flexibility index (Phi) is 6.08. The van der Waals surface area contributed by atoms with Crippen LogP contribution in [0.2, 0.25) is 0 Å². The van der Waals surface area contributed by atoms with Crippen molar-refractivity contribution in [3.05, 3.63) is 18.2 Å². The standard InChI is InChI=1S/C17H31N3/c1-3-4-5-6-7-8-13-20-15-19-14-16(20)17(2)9-11-18-12-10-17/h14-15,18H,3-13H2,1-2H3. The van der Waals surface area contributed by atoms with Crippen molar-refractivity contribution in [3.8, 4) is 0 Å². The topological polar surface area (TPSA) is 29.9 Å². The van der Waals surface area contributed by atoms with Crippen LogP contribution in [0.5, 0.6) is 0 Å². The summed E-state index contributed by atoms with van der Waals surface area (Å²) in [5, 5.41) is 3.46. The molecule has 3 heteroatoms. The Bertz CT molecular complexity index is 377. The second-order valence-corrected chi connectivity index (χ2v) is 6.55. The number of aromatic nitrogens is 2. The molecule has 0 bridgehead atoms. The van der Waals surface area contributed by atoms with Gasteiger partial charge in [0.1, 0.15) is 0 Å². The number of hydrogen-bond donors (Lipinski definition) is 1. The molecular formula is C17H31N3. The van der Waals surface area contributed by atoms with Crippen LogP contribution < -0.4 is 5.32 Å². The number of piperidine rings is 1. The van der Waals surface area contributed by atoms with Crippen molar-refractivity contribution in [1.29, 1.82) is 0 Å². The van der Waals surface area contributed by atoms with Crippen molar-refractivity contribution in [1.82, 2.24) is 14.9 Å². The number of nitrogens with one attached hydrogen (secondary N) is 1. The molecule has 1 aliphatic rings. The van der Waals surface area contributed by atoms with E-state index in [1.807, 2.05) is 6.33 Å². The first kappa shape index (κ1) is 15.6. The largest absolute Gasteiger partial charge is 0.334 e. The summed E-state index contributed by atoms with van der Waals surface area (Å²) in [4.78, 5) is 4.41. The summed E-state index contributed by atoms with van der Waals surface area (Å²) in [5.41, 5.74) is 1.77. The number of nitrogens with zero attached hydrogens (tertiary/aromatic N) is 2. The molecule has 2 rings (SSSR count). The highest BCUT2D eigenvalue weighted by Crippen LogP contribution is 2.32. The number of imidazole rings is 1. The molecule has 0 spiro atoms. The van der Waals surface area contributed by atoms with Crippen LogP contribution in [0.4, 0.5) is 0 Å². The van der Waals surface area contributed by atoms with Gasteiger partial charge in [-0.1, -0.05) is 46.0 Å². The van der Waals surface area contributed by atoms with E-state index >= 15 is 0 Å². The first-order valence-electron chi connectivity index (χ1n) is 8.47. The van der Waals surface area contributed by atoms with Crippen LogP contribution >= 0.6 is 0 Å². The molecular weight excluding hydrogens is 246 g/mol. The minimum atomic E-state index is 0.323. The Morgan fingerprint density at radius 1 is 1.15 bits per heavy atom. The summed E-state index contributed by atoms with van der Waals surface area (Å²) < 4.78 is 2.41. The summed E-state index contributed by atoms with van der Waals surface area (Å²) in [6, 6.07) is 0. The quantitative estimate of drug-likeness (QED) is 0.731. The van der Waals surface area contributed by atoms with Gasteiger partial charge in [-0.3, -0.25) is 0 Å². The predicted octanol–water partition coefficient (Wildman–Crippen LogP) is 3.88. The normalized spacial score (nSPS) is 18.3. The van der Waals surface area contributed by atoms with Gasteiger partial charge in [-0.25, -0.2) is 4.98 Å². The number of aryl methyl sites for hydroxylation is 1. The number of hydrogen-bond acceptors (Lipinski definition) is 2. The van der Waals surface area contributed by atoms with Crippen molar-refractivity contribution in [3.63, 3.8) is 0 Å². The lowest BCUT2D eigenvalue weighted by atomic mass is 9.78. The molecule has 0 radical (unpaired) electrons. The Morgan fingerprint density at radius 3 is 2.60 bits per heavy atom. The highest BCUT2D eigenvalue weighted by molar-refractivity contribution is 5.15. The first-order chi connectivity index (χ1) is 9.76. The van der Waals surface area contributed by atoms with Crippen molar-refractivity contribution in [2.45, 2.75) is 77.2 Å². The van der Waals surface area contributed by atoms with E-state index in [0.717, 1.165) is 19.6 Å². The van der Waals surface area contributed by atoms with Gasteiger partial charge in [-0.2, -0.15) is 0 Å². The monoisotopic (exact) mass is 277 g/mol. The van der Waals surface area contributed by atoms with Crippen LogP contribution in [0.15, 0.2) is 12.5 Å². The van der Waals surface area contributed by atoms with Crippen LogP contribution in [0, 0.1) is 0 Å². The number of unbranched alkanes of at least 4 members (excludes halogenated alkanes) is 5. The maximum atomic E-state index is 4.41. The van der Waals surface area contributed by atoms with Gasteiger partial charge >= 0.3 is 0 Å². The molecule has 0 amide bonds. The third-order valence-corrected chi connectivity index (χ3v) is 4.79. The van der Waals surface area contributed by atoms with Crippen molar-refractivity contribution >= 4 is 0 Å². The molecule has 20 heavy (non-hydrogen) atoms. The van der Waals surface area contributed by atoms with Gasteiger partial charge in [0.15, 0.2) is 0 Å². The zero-order valence-electron chi connectivity index (χ0n) is 13.3. The zero-order valence-corrected chi connectivity index (χ0v) is 13.3. The second-order valence-electron chi connectivity index (χ2n) is 6.55. The molecule has 0 aliphatic carbocycles. The van der Waals surface area contributed by atoms with Gasteiger partial charge in [0, 0.05) is 23.9 Å². The van der Waals surface area contributed by atoms with Crippen molar-refractivity contribution in [2.75, 3.05) is 13.1 Å². The minimum absolute atomic E-state index is 0.323. The minimum Gasteiger partial charge on any atom is -0.334 e. The van der Waals surface area contributed by atoms with E-state index in [-0.39, 0.29) is 0 Å². The molecule has 114 valence electrons. The van der Waals surface area contributed by atoms with Crippen LogP contribution in [0.3, 0.4) is 0 Å². The van der Waals surface area contributed by atoms with Crippen LogP contribution in [-0.4, -0.2) is 22.6 Å². The molecule has 1 aliphatic heterocycles. The fraction of sp³-hybridized carbons (Fsp3) is 0.824. The lowest BCUT2D eigenvalue weighted by Gasteiger charge is -2.34. The molecule has 0 unspecified atom stereocenters. The van der Waals surface area contributed by atoms with Crippen molar-refractivity contribution in [2.24, 2.45) is 0 Å². The third-order valence-electron chi connectivity index (χ3n) is 4.79. The average Bonchev–Trinajstić information content (AvgIpc) is 2.93. The van der Waals surface area contributed by atoms with E-state index in [1.54, 1.807) is 0 Å². The van der Waals surface area contributed by atoms with Gasteiger partial charge in [-0.15, -0.1) is 0 Å². The van der Waals surface area contributed by atoms with E-state index in [1.165, 1.54) is 57.1 Å². The fourth-order valence-corrected chi connectivity index (χ4v) is 3.30. The number of rotatable bonds is 8. The Balaban J connectivity index is 1.82. The average molecular weight is 277 g/mol. The molecule has 1 aromatic heterocycles. The summed E-state index contributed by atoms with van der Waals surface area (Å²) in [5.74, 6) is 0. The summed E-state index contributed by atoms with van der Waals surface area (Å²) in [6.45, 7) is 8.10. The summed E-state index contributed by atoms with van der Waals surface area (Å²) in [7, 11) is 0. The highest BCUT2D eigenvalue weighted by Gasteiger charge is 2.31. The second kappa shape index (κ2) is 7.82. The molecule has 1 N–H and O–H groups in total. The van der Waals surface area contributed by atoms with Gasteiger partial charge in [0.05, 0.1) is 6.33 Å². The summed E-state index contributed by atoms with van der Waals surface area (Å²) in [6.07, 6.45) is 14.8. The lowest BCUT2D eigenvalue weighted by molar-refractivity contribution is 0.315. The molecule has 1 saturated heterocycles. The van der Waals surface area contributed by atoms with Crippen LogP contribution in [0.25, 0.3) is 0 Å². The van der Waals surface area contributed by atoms with Gasteiger partial charge in [0.2, 0.25) is 0 Å². The molecule has 2 heterocycles. The Morgan fingerprint density at radius 2 is 1.85 bits per heavy atom. The predicted molar refractivity (Wildman–Crippen MR) is 85.1 cm³/mol. The summed E-state index contributed by atoms with van der Waals surface area (Å²) >= 11 is 0. The Hall–Kier alpha value is -0.830. The highest BCUT2D eigenvalue weighted by atomic mass is 15.1. The third kappa shape index (κ3) is 4.08.